The fourth-order valence-electron chi connectivity index (χ4n) is 2.57. The minimum Gasteiger partial charge on any atom is -0.497 e. The fraction of sp³-hybridized carbons (Fsp3) is 0.529. The predicted molar refractivity (Wildman–Crippen MR) is 80.6 cm³/mol. The normalized spacial score (nSPS) is 18.6. The number of methoxy groups -OCH3 is 1. The third-order valence-electron chi connectivity index (χ3n) is 3.67. The summed E-state index contributed by atoms with van der Waals surface area (Å²) in [7, 11) is 1.69. The van der Waals surface area contributed by atoms with Gasteiger partial charge in [0, 0.05) is 25.1 Å². The van der Waals surface area contributed by atoms with Gasteiger partial charge >= 0.3 is 0 Å². The van der Waals surface area contributed by atoms with Crippen molar-refractivity contribution in [3.8, 4) is 17.6 Å². The van der Waals surface area contributed by atoms with Crippen molar-refractivity contribution < 1.29 is 9.84 Å². The number of hydrogen-bond acceptors (Lipinski definition) is 3. The molecule has 1 unspecified atom stereocenters. The molecule has 0 aliphatic carbocycles. The van der Waals surface area contributed by atoms with Crippen LogP contribution in [0.15, 0.2) is 18.2 Å². The Balaban J connectivity index is 2.17. The molecule has 0 spiro atoms. The highest BCUT2D eigenvalue weighted by Gasteiger charge is 2.19. The van der Waals surface area contributed by atoms with Crippen molar-refractivity contribution in [2.45, 2.75) is 26.3 Å². The van der Waals surface area contributed by atoms with Crippen molar-refractivity contribution >= 4 is 0 Å². The highest BCUT2D eigenvalue weighted by molar-refractivity contribution is 5.45. The van der Waals surface area contributed by atoms with Crippen molar-refractivity contribution in [2.24, 2.45) is 5.92 Å². The van der Waals surface area contributed by atoms with E-state index in [1.54, 1.807) is 7.11 Å². The molecule has 1 aromatic rings. The number of rotatable bonds is 4. The second kappa shape index (κ2) is 7.33. The largest absolute Gasteiger partial charge is 0.497 e. The Labute approximate surface area is 121 Å². The number of aliphatic hydroxyl groups excluding tert-OH is 1. The first-order valence-electron chi connectivity index (χ1n) is 7.22. The molecule has 108 valence electrons. The van der Waals surface area contributed by atoms with E-state index in [1.165, 1.54) is 12.0 Å². The average Bonchev–Trinajstić information content (AvgIpc) is 2.86. The summed E-state index contributed by atoms with van der Waals surface area (Å²) in [5, 5.41) is 8.82. The second-order valence-corrected chi connectivity index (χ2v) is 5.43. The molecule has 1 fully saturated rings. The van der Waals surface area contributed by atoms with Crippen molar-refractivity contribution in [1.82, 2.24) is 4.90 Å². The molecule has 1 atom stereocenters. The smallest absolute Gasteiger partial charge is 0.119 e. The number of likely N-dealkylation sites (tertiary alicyclic amines) is 1. The van der Waals surface area contributed by atoms with Gasteiger partial charge in [-0.15, -0.1) is 0 Å². The zero-order valence-electron chi connectivity index (χ0n) is 12.4. The Hall–Kier alpha value is -1.50. The zero-order valence-corrected chi connectivity index (χ0v) is 12.4. The van der Waals surface area contributed by atoms with Crippen LogP contribution in [-0.2, 0) is 6.54 Å². The molecule has 0 amide bonds. The molecule has 3 nitrogen and oxygen atoms in total. The van der Waals surface area contributed by atoms with E-state index < -0.39 is 0 Å². The Morgan fingerprint density at radius 3 is 2.95 bits per heavy atom. The van der Waals surface area contributed by atoms with Gasteiger partial charge in [0.15, 0.2) is 0 Å². The van der Waals surface area contributed by atoms with Crippen LogP contribution in [0.2, 0.25) is 0 Å². The molecule has 0 aromatic heterocycles. The molecule has 1 aliphatic rings. The topological polar surface area (TPSA) is 32.7 Å². The average molecular weight is 273 g/mol. The van der Waals surface area contributed by atoms with Gasteiger partial charge in [0.25, 0.3) is 0 Å². The van der Waals surface area contributed by atoms with Gasteiger partial charge < -0.3 is 9.84 Å². The summed E-state index contributed by atoms with van der Waals surface area (Å²) in [5.74, 6) is 7.82. The van der Waals surface area contributed by atoms with Gasteiger partial charge in [-0.05, 0) is 42.6 Å². The highest BCUT2D eigenvalue weighted by Crippen LogP contribution is 2.22. The fourth-order valence-corrected chi connectivity index (χ4v) is 2.57. The Morgan fingerprint density at radius 1 is 1.45 bits per heavy atom. The van der Waals surface area contributed by atoms with Crippen LogP contribution in [0.4, 0.5) is 0 Å². The standard InChI is InChI=1S/C17H23NO2/c1-14-8-9-18(12-14)13-16-11-17(20-2)7-6-15(16)5-3-4-10-19/h6-7,11,14,19H,4,8-10,12-13H2,1-2H3. The van der Waals surface area contributed by atoms with Gasteiger partial charge in [-0.2, -0.15) is 0 Å². The molecule has 0 bridgehead atoms. The summed E-state index contributed by atoms with van der Waals surface area (Å²) < 4.78 is 5.31. The minimum atomic E-state index is 0.113. The molecule has 1 aliphatic heterocycles. The lowest BCUT2D eigenvalue weighted by atomic mass is 10.1. The Bertz CT molecular complexity index is 501. The van der Waals surface area contributed by atoms with Crippen LogP contribution in [0.3, 0.4) is 0 Å². The lowest BCUT2D eigenvalue weighted by molar-refractivity contribution is 0.305. The van der Waals surface area contributed by atoms with Crippen LogP contribution in [-0.4, -0.2) is 36.8 Å². The van der Waals surface area contributed by atoms with Gasteiger partial charge in [0.1, 0.15) is 5.75 Å². The van der Waals surface area contributed by atoms with E-state index in [-0.39, 0.29) is 6.61 Å². The van der Waals surface area contributed by atoms with Crippen molar-refractivity contribution in [3.05, 3.63) is 29.3 Å². The molecule has 1 saturated heterocycles. The Morgan fingerprint density at radius 2 is 2.30 bits per heavy atom. The third kappa shape index (κ3) is 4.00. The van der Waals surface area contributed by atoms with E-state index in [0.717, 1.165) is 36.9 Å². The van der Waals surface area contributed by atoms with Crippen LogP contribution >= 0.6 is 0 Å². The monoisotopic (exact) mass is 273 g/mol. The molecular formula is C17H23NO2. The molecule has 1 N–H and O–H groups in total. The van der Waals surface area contributed by atoms with Crippen molar-refractivity contribution in [3.63, 3.8) is 0 Å². The van der Waals surface area contributed by atoms with E-state index in [9.17, 15) is 0 Å². The molecule has 1 aromatic carbocycles. The number of hydrogen-bond donors (Lipinski definition) is 1. The maximum Gasteiger partial charge on any atom is 0.119 e. The molecule has 2 rings (SSSR count). The first kappa shape index (κ1) is 14.9. The number of nitrogens with zero attached hydrogens (tertiary/aromatic N) is 1. The molecular weight excluding hydrogens is 250 g/mol. The molecule has 0 saturated carbocycles. The van der Waals surface area contributed by atoms with Gasteiger partial charge in [-0.25, -0.2) is 0 Å². The van der Waals surface area contributed by atoms with Crippen molar-refractivity contribution in [2.75, 3.05) is 26.8 Å². The van der Waals surface area contributed by atoms with E-state index in [2.05, 4.69) is 29.7 Å². The summed E-state index contributed by atoms with van der Waals surface area (Å²) in [5.41, 5.74) is 2.25. The van der Waals surface area contributed by atoms with Gasteiger partial charge in [0.2, 0.25) is 0 Å². The Kier molecular flexibility index (Phi) is 5.46. The minimum absolute atomic E-state index is 0.113. The van der Waals surface area contributed by atoms with Gasteiger partial charge in [-0.1, -0.05) is 18.8 Å². The number of benzene rings is 1. The third-order valence-corrected chi connectivity index (χ3v) is 3.67. The lowest BCUT2D eigenvalue weighted by Gasteiger charge is -2.17. The molecule has 1 heterocycles. The summed E-state index contributed by atoms with van der Waals surface area (Å²) in [6.07, 6.45) is 1.79. The maximum absolute atomic E-state index is 8.82. The highest BCUT2D eigenvalue weighted by atomic mass is 16.5. The van der Waals surface area contributed by atoms with Crippen LogP contribution in [0.25, 0.3) is 0 Å². The summed E-state index contributed by atoms with van der Waals surface area (Å²) in [6.45, 7) is 5.64. The van der Waals surface area contributed by atoms with Gasteiger partial charge in [-0.3, -0.25) is 4.90 Å². The van der Waals surface area contributed by atoms with Crippen LogP contribution in [0.5, 0.6) is 5.75 Å². The molecule has 20 heavy (non-hydrogen) atoms. The van der Waals surface area contributed by atoms with Gasteiger partial charge in [0.05, 0.1) is 13.7 Å². The molecule has 0 radical (unpaired) electrons. The van der Waals surface area contributed by atoms with E-state index in [0.29, 0.717) is 6.42 Å². The van der Waals surface area contributed by atoms with Crippen LogP contribution in [0.1, 0.15) is 30.9 Å². The maximum atomic E-state index is 8.82. The van der Waals surface area contributed by atoms with Crippen LogP contribution < -0.4 is 4.74 Å². The first-order chi connectivity index (χ1) is 9.72. The van der Waals surface area contributed by atoms with Crippen LogP contribution in [0, 0.1) is 17.8 Å². The van der Waals surface area contributed by atoms with Crippen molar-refractivity contribution in [1.29, 1.82) is 0 Å². The SMILES string of the molecule is COc1ccc(C#CCCO)c(CN2CCC(C)C2)c1. The predicted octanol–water partition coefficient (Wildman–Crippen LogP) is 2.27. The summed E-state index contributed by atoms with van der Waals surface area (Å²) in [6, 6.07) is 6.03. The zero-order chi connectivity index (χ0) is 14.4. The van der Waals surface area contributed by atoms with E-state index in [1.807, 2.05) is 12.1 Å². The first-order valence-corrected chi connectivity index (χ1v) is 7.22. The lowest BCUT2D eigenvalue weighted by Crippen LogP contribution is -2.20. The quantitative estimate of drug-likeness (QED) is 0.854. The number of ether oxygens (including phenoxy) is 1. The molecule has 3 heteroatoms. The van der Waals surface area contributed by atoms with E-state index >= 15 is 0 Å². The summed E-state index contributed by atoms with van der Waals surface area (Å²) in [4.78, 5) is 2.47. The summed E-state index contributed by atoms with van der Waals surface area (Å²) >= 11 is 0. The van der Waals surface area contributed by atoms with E-state index in [4.69, 9.17) is 9.84 Å². The second-order valence-electron chi connectivity index (χ2n) is 5.43. The number of aliphatic hydroxyl groups is 1.